The Labute approximate surface area is 70.4 Å². The molecule has 0 unspecified atom stereocenters. The van der Waals surface area contributed by atoms with Crippen LogP contribution in [0.4, 0.5) is 0 Å². The van der Waals surface area contributed by atoms with Gasteiger partial charge < -0.3 is 4.90 Å². The number of nitrogens with zero attached hydrogens (tertiary/aromatic N) is 1. The van der Waals surface area contributed by atoms with E-state index >= 15 is 0 Å². The van der Waals surface area contributed by atoms with Gasteiger partial charge in [-0.3, -0.25) is 0 Å². The second-order valence-electron chi connectivity index (χ2n) is 2.88. The van der Waals surface area contributed by atoms with Gasteiger partial charge in [-0.25, -0.2) is 0 Å². The third kappa shape index (κ3) is 9.28. The average molecular weight is 153 g/mol. The van der Waals surface area contributed by atoms with E-state index in [0.29, 0.717) is 0 Å². The second-order valence-corrected chi connectivity index (χ2v) is 2.88. The average Bonchev–Trinajstić information content (AvgIpc) is 1.96. The smallest absolute Gasteiger partial charge is 0.00556 e. The van der Waals surface area contributed by atoms with Crippen LogP contribution in [-0.2, 0) is 0 Å². The van der Waals surface area contributed by atoms with Gasteiger partial charge in [-0.1, -0.05) is 31.9 Å². The van der Waals surface area contributed by atoms with Crippen molar-refractivity contribution in [2.45, 2.75) is 26.2 Å². The SMILES string of the molecule is CCCCC=CC=CN(C)C. The van der Waals surface area contributed by atoms with Crippen LogP contribution in [0.15, 0.2) is 24.4 Å². The quantitative estimate of drug-likeness (QED) is 0.433. The summed E-state index contributed by atoms with van der Waals surface area (Å²) < 4.78 is 0. The van der Waals surface area contributed by atoms with E-state index in [1.54, 1.807) is 0 Å². The van der Waals surface area contributed by atoms with Gasteiger partial charge in [0, 0.05) is 14.1 Å². The van der Waals surface area contributed by atoms with Crippen LogP contribution >= 0.6 is 0 Å². The maximum atomic E-state index is 2.21. The fourth-order valence-electron chi connectivity index (χ4n) is 0.719. The van der Waals surface area contributed by atoms with Crippen LogP contribution in [0.5, 0.6) is 0 Å². The molecular formula is C10H19N. The van der Waals surface area contributed by atoms with Gasteiger partial charge >= 0.3 is 0 Å². The Kier molecular flexibility index (Phi) is 6.90. The van der Waals surface area contributed by atoms with Crippen LogP contribution in [0, 0.1) is 0 Å². The molecule has 0 saturated carbocycles. The third-order valence-electron chi connectivity index (χ3n) is 1.36. The molecule has 0 amide bonds. The summed E-state index contributed by atoms with van der Waals surface area (Å²) in [5.41, 5.74) is 0. The van der Waals surface area contributed by atoms with Gasteiger partial charge in [-0.2, -0.15) is 0 Å². The molecule has 0 rings (SSSR count). The molecule has 0 aliphatic carbocycles. The topological polar surface area (TPSA) is 3.24 Å². The molecule has 0 aromatic heterocycles. The van der Waals surface area contributed by atoms with Gasteiger partial charge in [0.15, 0.2) is 0 Å². The fourth-order valence-corrected chi connectivity index (χ4v) is 0.719. The van der Waals surface area contributed by atoms with E-state index in [1.807, 2.05) is 25.2 Å². The standard InChI is InChI=1S/C10H19N/c1-4-5-6-7-8-9-10-11(2)3/h7-10H,4-6H2,1-3H3. The van der Waals surface area contributed by atoms with E-state index in [9.17, 15) is 0 Å². The molecule has 1 heteroatoms. The molecule has 11 heavy (non-hydrogen) atoms. The lowest BCUT2D eigenvalue weighted by atomic mass is 10.2. The molecule has 0 aliphatic heterocycles. The Hall–Kier alpha value is -0.720. The van der Waals surface area contributed by atoms with Crippen LogP contribution in [0.2, 0.25) is 0 Å². The van der Waals surface area contributed by atoms with E-state index in [4.69, 9.17) is 0 Å². The third-order valence-corrected chi connectivity index (χ3v) is 1.36. The van der Waals surface area contributed by atoms with E-state index < -0.39 is 0 Å². The molecule has 0 spiro atoms. The summed E-state index contributed by atoms with van der Waals surface area (Å²) in [5.74, 6) is 0. The summed E-state index contributed by atoms with van der Waals surface area (Å²) in [7, 11) is 4.05. The van der Waals surface area contributed by atoms with Crippen molar-refractivity contribution >= 4 is 0 Å². The predicted octanol–water partition coefficient (Wildman–Crippen LogP) is 2.81. The molecular weight excluding hydrogens is 134 g/mol. The fraction of sp³-hybridized carbons (Fsp3) is 0.600. The van der Waals surface area contributed by atoms with Crippen LogP contribution < -0.4 is 0 Å². The Morgan fingerprint density at radius 1 is 1.18 bits per heavy atom. The van der Waals surface area contributed by atoms with Crippen molar-refractivity contribution in [3.8, 4) is 0 Å². The number of rotatable bonds is 5. The molecule has 0 radical (unpaired) electrons. The van der Waals surface area contributed by atoms with E-state index in [1.165, 1.54) is 19.3 Å². The Bertz CT molecular complexity index is 123. The van der Waals surface area contributed by atoms with Gasteiger partial charge in [-0.15, -0.1) is 0 Å². The molecule has 0 atom stereocenters. The summed E-state index contributed by atoms with van der Waals surface area (Å²) in [6.07, 6.45) is 12.2. The first-order valence-corrected chi connectivity index (χ1v) is 4.27. The minimum atomic E-state index is 1.20. The van der Waals surface area contributed by atoms with Crippen molar-refractivity contribution < 1.29 is 0 Å². The van der Waals surface area contributed by atoms with Crippen molar-refractivity contribution in [3.63, 3.8) is 0 Å². The molecule has 0 saturated heterocycles. The summed E-state index contributed by atoms with van der Waals surface area (Å²) in [4.78, 5) is 2.03. The molecule has 0 aromatic rings. The van der Waals surface area contributed by atoms with Crippen LogP contribution in [-0.4, -0.2) is 19.0 Å². The molecule has 0 N–H and O–H groups in total. The van der Waals surface area contributed by atoms with E-state index in [-0.39, 0.29) is 0 Å². The Morgan fingerprint density at radius 3 is 2.45 bits per heavy atom. The van der Waals surface area contributed by atoms with E-state index in [2.05, 4.69) is 25.2 Å². The van der Waals surface area contributed by atoms with Crippen LogP contribution in [0.1, 0.15) is 26.2 Å². The predicted molar refractivity (Wildman–Crippen MR) is 51.5 cm³/mol. The lowest BCUT2D eigenvalue weighted by Crippen LogP contribution is -1.99. The van der Waals surface area contributed by atoms with Crippen molar-refractivity contribution in [2.24, 2.45) is 0 Å². The zero-order valence-corrected chi connectivity index (χ0v) is 7.88. The first-order valence-electron chi connectivity index (χ1n) is 4.27. The molecule has 0 fully saturated rings. The summed E-state index contributed by atoms with van der Waals surface area (Å²) in [6.45, 7) is 2.21. The summed E-state index contributed by atoms with van der Waals surface area (Å²) >= 11 is 0. The first-order chi connectivity index (χ1) is 5.27. The lowest BCUT2D eigenvalue weighted by molar-refractivity contribution is 0.564. The molecule has 0 heterocycles. The van der Waals surface area contributed by atoms with Gasteiger partial charge in [0.25, 0.3) is 0 Å². The molecule has 0 aliphatic rings. The maximum absolute atomic E-state index is 2.21. The normalized spacial score (nSPS) is 11.5. The zero-order valence-electron chi connectivity index (χ0n) is 7.88. The van der Waals surface area contributed by atoms with Gasteiger partial charge in [0.2, 0.25) is 0 Å². The van der Waals surface area contributed by atoms with Gasteiger partial charge in [-0.05, 0) is 18.7 Å². The van der Waals surface area contributed by atoms with Crippen molar-refractivity contribution in [2.75, 3.05) is 14.1 Å². The highest BCUT2D eigenvalue weighted by Crippen LogP contribution is 1.94. The number of allylic oxidation sites excluding steroid dienone is 3. The van der Waals surface area contributed by atoms with Crippen molar-refractivity contribution in [1.29, 1.82) is 0 Å². The second kappa shape index (κ2) is 7.39. The highest BCUT2D eigenvalue weighted by molar-refractivity contribution is 5.01. The largest absolute Gasteiger partial charge is 0.383 e. The van der Waals surface area contributed by atoms with E-state index in [0.717, 1.165) is 0 Å². The van der Waals surface area contributed by atoms with Crippen molar-refractivity contribution in [1.82, 2.24) is 4.90 Å². The molecule has 0 aromatic carbocycles. The molecule has 1 nitrogen and oxygen atoms in total. The maximum Gasteiger partial charge on any atom is 0.00556 e. The number of unbranched alkanes of at least 4 members (excludes halogenated alkanes) is 2. The van der Waals surface area contributed by atoms with Crippen LogP contribution in [0.25, 0.3) is 0 Å². The lowest BCUT2D eigenvalue weighted by Gasteiger charge is -2.00. The van der Waals surface area contributed by atoms with Crippen molar-refractivity contribution in [3.05, 3.63) is 24.4 Å². The number of hydrogen-bond donors (Lipinski definition) is 0. The van der Waals surface area contributed by atoms with Gasteiger partial charge in [0.05, 0.1) is 0 Å². The molecule has 0 bridgehead atoms. The monoisotopic (exact) mass is 153 g/mol. The van der Waals surface area contributed by atoms with Crippen LogP contribution in [0.3, 0.4) is 0 Å². The van der Waals surface area contributed by atoms with Gasteiger partial charge in [0.1, 0.15) is 0 Å². The Balaban J connectivity index is 3.29. The zero-order chi connectivity index (χ0) is 8.53. The summed E-state index contributed by atoms with van der Waals surface area (Å²) in [6, 6.07) is 0. The number of hydrogen-bond acceptors (Lipinski definition) is 1. The summed E-state index contributed by atoms with van der Waals surface area (Å²) in [5, 5.41) is 0. The minimum absolute atomic E-state index is 1.20. The minimum Gasteiger partial charge on any atom is -0.383 e. The highest BCUT2D eigenvalue weighted by atomic mass is 15.0. The highest BCUT2D eigenvalue weighted by Gasteiger charge is 1.75. The Morgan fingerprint density at radius 2 is 1.91 bits per heavy atom. The first kappa shape index (κ1) is 10.3. The molecule has 64 valence electrons.